The number of H-pyrrole nitrogens is 1. The van der Waals surface area contributed by atoms with E-state index in [0.29, 0.717) is 40.1 Å². The van der Waals surface area contributed by atoms with Gasteiger partial charge in [0.15, 0.2) is 5.82 Å². The molecule has 1 aromatic heterocycles. The number of ether oxygens (including phenoxy) is 2. The molecule has 0 aliphatic heterocycles. The van der Waals surface area contributed by atoms with Gasteiger partial charge in [0.25, 0.3) is 0 Å². The van der Waals surface area contributed by atoms with Gasteiger partial charge in [-0.2, -0.15) is 0 Å². The molecule has 0 saturated carbocycles. The highest BCUT2D eigenvalue weighted by Crippen LogP contribution is 2.33. The summed E-state index contributed by atoms with van der Waals surface area (Å²) in [5, 5.41) is 19.8. The Bertz CT molecular complexity index is 1630. The van der Waals surface area contributed by atoms with E-state index in [1.807, 2.05) is 48.5 Å². The van der Waals surface area contributed by atoms with E-state index in [0.717, 1.165) is 28.1 Å². The Kier molecular flexibility index (Phi) is 7.62. The van der Waals surface area contributed by atoms with Crippen molar-refractivity contribution >= 4 is 46.2 Å². The minimum atomic E-state index is -1.09. The number of hydrogen-bond acceptors (Lipinski definition) is 6. The molecule has 7 nitrogen and oxygen atoms in total. The minimum absolute atomic E-state index is 0.0676. The zero-order valence-electron chi connectivity index (χ0n) is 20.2. The number of fused-ring (bicyclic) bond motifs is 1. The Morgan fingerprint density at radius 3 is 2.63 bits per heavy atom. The molecule has 2 N–H and O–H groups in total. The van der Waals surface area contributed by atoms with Crippen molar-refractivity contribution in [2.75, 3.05) is 7.11 Å². The van der Waals surface area contributed by atoms with Crippen LogP contribution in [-0.2, 0) is 11.4 Å². The molecular formula is C29H22ClN3O4S. The number of hydrogen-bond donors (Lipinski definition) is 2. The van der Waals surface area contributed by atoms with Gasteiger partial charge in [-0.15, -0.1) is 5.10 Å². The van der Waals surface area contributed by atoms with Gasteiger partial charge in [0, 0.05) is 5.02 Å². The lowest BCUT2D eigenvalue weighted by molar-refractivity contribution is -0.131. The van der Waals surface area contributed by atoms with E-state index >= 15 is 0 Å². The van der Waals surface area contributed by atoms with Gasteiger partial charge in [0.1, 0.15) is 23.0 Å². The van der Waals surface area contributed by atoms with Gasteiger partial charge >= 0.3 is 5.97 Å². The molecule has 9 heteroatoms. The molecule has 38 heavy (non-hydrogen) atoms. The molecule has 0 atom stereocenters. The largest absolute Gasteiger partial charge is 0.496 e. The molecule has 5 rings (SSSR count). The molecule has 0 saturated heterocycles. The highest BCUT2D eigenvalue weighted by molar-refractivity contribution is 8.04. The maximum Gasteiger partial charge on any atom is 0.342 e. The molecular weight excluding hydrogens is 522 g/mol. The Balaban J connectivity index is 1.29. The number of aromatic amines is 1. The van der Waals surface area contributed by atoms with Crippen molar-refractivity contribution < 1.29 is 19.4 Å². The molecule has 0 spiro atoms. The number of aromatic nitrogens is 3. The topological polar surface area (TPSA) is 97.3 Å². The number of thioether (sulfide) groups is 1. The lowest BCUT2D eigenvalue weighted by Gasteiger charge is -2.09. The van der Waals surface area contributed by atoms with Crippen LogP contribution >= 0.6 is 23.4 Å². The molecule has 0 fully saturated rings. The van der Waals surface area contributed by atoms with Gasteiger partial charge < -0.3 is 14.6 Å². The van der Waals surface area contributed by atoms with Crippen molar-refractivity contribution in [1.29, 1.82) is 0 Å². The van der Waals surface area contributed by atoms with Gasteiger partial charge in [-0.25, -0.2) is 9.78 Å². The number of carbonyl (C=O) groups is 1. The summed E-state index contributed by atoms with van der Waals surface area (Å²) in [6.45, 7) is 0.428. The molecule has 4 aromatic carbocycles. The van der Waals surface area contributed by atoms with Crippen molar-refractivity contribution in [2.45, 2.75) is 11.8 Å². The van der Waals surface area contributed by atoms with E-state index in [1.165, 1.54) is 0 Å². The van der Waals surface area contributed by atoms with Crippen molar-refractivity contribution in [1.82, 2.24) is 15.2 Å². The van der Waals surface area contributed by atoms with Crippen molar-refractivity contribution in [2.24, 2.45) is 0 Å². The van der Waals surface area contributed by atoms with Crippen LogP contribution in [0.3, 0.4) is 0 Å². The first kappa shape index (κ1) is 25.4. The molecule has 0 unspecified atom stereocenters. The van der Waals surface area contributed by atoms with Crippen LogP contribution in [0.1, 0.15) is 11.1 Å². The summed E-state index contributed by atoms with van der Waals surface area (Å²) in [5.41, 5.74) is 2.43. The predicted octanol–water partition coefficient (Wildman–Crippen LogP) is 7.08. The molecule has 190 valence electrons. The first-order valence-electron chi connectivity index (χ1n) is 11.6. The van der Waals surface area contributed by atoms with Crippen LogP contribution < -0.4 is 9.47 Å². The van der Waals surface area contributed by atoms with Gasteiger partial charge in [0.05, 0.1) is 12.7 Å². The summed E-state index contributed by atoms with van der Waals surface area (Å²) in [5.74, 6) is 0.592. The average molecular weight is 544 g/mol. The minimum Gasteiger partial charge on any atom is -0.496 e. The fraction of sp³-hybridized carbons (Fsp3) is 0.0690. The Morgan fingerprint density at radius 2 is 1.84 bits per heavy atom. The summed E-state index contributed by atoms with van der Waals surface area (Å²) < 4.78 is 11.4. The summed E-state index contributed by atoms with van der Waals surface area (Å²) in [6.07, 6.45) is 1.57. The van der Waals surface area contributed by atoms with Crippen molar-refractivity contribution in [3.8, 4) is 22.9 Å². The van der Waals surface area contributed by atoms with Gasteiger partial charge in [-0.3, -0.25) is 5.10 Å². The quantitative estimate of drug-likeness (QED) is 0.151. The van der Waals surface area contributed by atoms with E-state index in [1.54, 1.807) is 31.4 Å². The Morgan fingerprint density at radius 1 is 1.05 bits per heavy atom. The van der Waals surface area contributed by atoms with Gasteiger partial charge in [0.2, 0.25) is 5.16 Å². The maximum absolute atomic E-state index is 11.9. The van der Waals surface area contributed by atoms with E-state index < -0.39 is 5.97 Å². The third-order valence-electron chi connectivity index (χ3n) is 5.75. The van der Waals surface area contributed by atoms with Crippen LogP contribution in [0.25, 0.3) is 28.2 Å². The fourth-order valence-electron chi connectivity index (χ4n) is 3.90. The number of carboxylic acid groups (broad SMARTS) is 1. The first-order chi connectivity index (χ1) is 18.5. The summed E-state index contributed by atoms with van der Waals surface area (Å²) >= 11 is 7.05. The normalized spacial score (nSPS) is 11.5. The Hall–Kier alpha value is -4.27. The fourth-order valence-corrected chi connectivity index (χ4v) is 4.78. The molecule has 0 bridgehead atoms. The number of nitrogens with one attached hydrogen (secondary N) is 1. The molecule has 1 heterocycles. The molecule has 0 radical (unpaired) electrons. The Labute approximate surface area is 228 Å². The highest BCUT2D eigenvalue weighted by Gasteiger charge is 2.16. The smallest absolute Gasteiger partial charge is 0.342 e. The number of methoxy groups -OCH3 is 1. The lowest BCUT2D eigenvalue weighted by atomic mass is 10.1. The van der Waals surface area contributed by atoms with Crippen LogP contribution in [0.5, 0.6) is 11.5 Å². The monoisotopic (exact) mass is 543 g/mol. The van der Waals surface area contributed by atoms with Crippen LogP contribution in [0, 0.1) is 0 Å². The zero-order valence-corrected chi connectivity index (χ0v) is 21.8. The maximum atomic E-state index is 11.9. The lowest BCUT2D eigenvalue weighted by Crippen LogP contribution is -1.98. The second-order valence-corrected chi connectivity index (χ2v) is 9.67. The van der Waals surface area contributed by atoms with Gasteiger partial charge in [-0.05, 0) is 70.1 Å². The standard InChI is InChI=1S/C29H22ClN3O4S/c1-36-25-14-11-21(30)16-24(25)27-31-29(33-32-27)38-26(28(34)35)15-18-9-12-22(13-10-18)37-17-20-7-4-6-19-5-2-3-8-23(19)20/h2-16H,17H2,1H3,(H,34,35)(H,31,32,33)/b26-15-. The predicted molar refractivity (Wildman–Crippen MR) is 150 cm³/mol. The zero-order chi connectivity index (χ0) is 26.5. The van der Waals surface area contributed by atoms with Crippen LogP contribution in [0.15, 0.2) is 95.0 Å². The third kappa shape index (κ3) is 5.82. The van der Waals surface area contributed by atoms with Crippen molar-refractivity contribution in [3.05, 3.63) is 106 Å². The number of aliphatic carboxylic acids is 1. The molecule has 0 amide bonds. The highest BCUT2D eigenvalue weighted by atomic mass is 35.5. The number of halogens is 1. The van der Waals surface area contributed by atoms with Crippen LogP contribution in [0.4, 0.5) is 0 Å². The van der Waals surface area contributed by atoms with Crippen LogP contribution in [-0.4, -0.2) is 33.4 Å². The van der Waals surface area contributed by atoms with E-state index in [9.17, 15) is 9.90 Å². The molecule has 0 aliphatic rings. The SMILES string of the molecule is COc1ccc(Cl)cc1-c1nc(S/C(=C\c2ccc(OCc3cccc4ccccc34)cc2)C(=O)O)n[nH]1. The van der Waals surface area contributed by atoms with Crippen LogP contribution in [0.2, 0.25) is 5.02 Å². The summed E-state index contributed by atoms with van der Waals surface area (Å²) in [6, 6.07) is 26.7. The first-order valence-corrected chi connectivity index (χ1v) is 12.8. The molecule has 5 aromatic rings. The number of benzene rings is 4. The van der Waals surface area contributed by atoms with E-state index in [-0.39, 0.29) is 10.1 Å². The number of nitrogens with zero attached hydrogens (tertiary/aromatic N) is 2. The van der Waals surface area contributed by atoms with Gasteiger partial charge in [-0.1, -0.05) is 66.2 Å². The molecule has 0 aliphatic carbocycles. The second-order valence-electron chi connectivity index (χ2n) is 8.22. The number of rotatable bonds is 9. The van der Waals surface area contributed by atoms with Crippen molar-refractivity contribution in [3.63, 3.8) is 0 Å². The average Bonchev–Trinajstić information content (AvgIpc) is 3.40. The van der Waals surface area contributed by atoms with E-state index in [2.05, 4.69) is 33.4 Å². The summed E-state index contributed by atoms with van der Waals surface area (Å²) in [4.78, 5) is 16.4. The third-order valence-corrected chi connectivity index (χ3v) is 6.86. The summed E-state index contributed by atoms with van der Waals surface area (Å²) in [7, 11) is 1.55. The number of carboxylic acids is 1. The second kappa shape index (κ2) is 11.4. The van der Waals surface area contributed by atoms with E-state index in [4.69, 9.17) is 21.1 Å².